The van der Waals surface area contributed by atoms with Crippen molar-refractivity contribution in [1.82, 2.24) is 0 Å². The molecule has 0 radical (unpaired) electrons. The maximum absolute atomic E-state index is 10.4. The minimum Gasteiger partial charge on any atom is -0.378 e. The molecule has 0 aromatic heterocycles. The van der Waals surface area contributed by atoms with E-state index in [-0.39, 0.29) is 0 Å². The maximum Gasteiger partial charge on any atom is 0.120 e. The van der Waals surface area contributed by atoms with Crippen LogP contribution in [0.1, 0.15) is 46.5 Å². The van der Waals surface area contributed by atoms with Gasteiger partial charge in [-0.05, 0) is 43.9 Å². The van der Waals surface area contributed by atoms with Crippen molar-refractivity contribution in [3.63, 3.8) is 0 Å². The second-order valence-corrected chi connectivity index (χ2v) is 5.18. The Balaban J connectivity index is 2.25. The Morgan fingerprint density at radius 1 is 1.33 bits per heavy atom. The van der Waals surface area contributed by atoms with Crippen LogP contribution in [-0.2, 0) is 9.53 Å². The number of aldehydes is 1. The van der Waals surface area contributed by atoms with Crippen molar-refractivity contribution in [3.8, 4) is 0 Å². The van der Waals surface area contributed by atoms with Crippen LogP contribution in [0.4, 0.5) is 0 Å². The highest BCUT2D eigenvalue weighted by Crippen LogP contribution is 2.28. The predicted molar refractivity (Wildman–Crippen MR) is 61.8 cm³/mol. The molecule has 0 saturated carbocycles. The average molecular weight is 212 g/mol. The van der Waals surface area contributed by atoms with Crippen molar-refractivity contribution in [2.75, 3.05) is 6.61 Å². The number of hydrogen-bond acceptors (Lipinski definition) is 2. The zero-order valence-corrected chi connectivity index (χ0v) is 10.2. The number of rotatable bonds is 5. The largest absolute Gasteiger partial charge is 0.378 e. The van der Waals surface area contributed by atoms with E-state index in [9.17, 15) is 4.79 Å². The fourth-order valence-electron chi connectivity index (χ4n) is 2.27. The minimum atomic E-state index is 0.448. The van der Waals surface area contributed by atoms with Crippen LogP contribution in [0.15, 0.2) is 0 Å². The number of carbonyl (C=O) groups excluding carboxylic acids is 1. The third-order valence-electron chi connectivity index (χ3n) is 3.74. The van der Waals surface area contributed by atoms with Crippen LogP contribution in [0.2, 0.25) is 0 Å². The highest BCUT2D eigenvalue weighted by Gasteiger charge is 2.22. The summed E-state index contributed by atoms with van der Waals surface area (Å²) in [6, 6.07) is 0. The Morgan fingerprint density at radius 3 is 2.60 bits per heavy atom. The molecule has 2 unspecified atom stereocenters. The first kappa shape index (κ1) is 12.7. The Bertz CT molecular complexity index is 183. The molecule has 0 bridgehead atoms. The Hall–Kier alpha value is -0.370. The van der Waals surface area contributed by atoms with Crippen molar-refractivity contribution in [1.29, 1.82) is 0 Å². The standard InChI is InChI=1S/C13H24O2/c1-10(6-7-14)11(2)8-13-5-4-12(3)15-9-13/h7,10-13H,4-6,8-9H2,1-3H3/t10?,11-,12+,13?/m0/s1. The molecule has 1 heterocycles. The van der Waals surface area contributed by atoms with Gasteiger partial charge in [0.05, 0.1) is 6.10 Å². The summed E-state index contributed by atoms with van der Waals surface area (Å²) in [6.45, 7) is 7.49. The molecule has 2 heteroatoms. The molecular formula is C13H24O2. The number of hydrogen-bond donors (Lipinski definition) is 0. The van der Waals surface area contributed by atoms with Gasteiger partial charge < -0.3 is 9.53 Å². The van der Waals surface area contributed by atoms with Crippen molar-refractivity contribution < 1.29 is 9.53 Å². The van der Waals surface area contributed by atoms with E-state index < -0.39 is 0 Å². The van der Waals surface area contributed by atoms with E-state index in [0.717, 1.165) is 12.9 Å². The first-order chi connectivity index (χ1) is 7.13. The molecule has 2 nitrogen and oxygen atoms in total. The second kappa shape index (κ2) is 6.26. The first-order valence-corrected chi connectivity index (χ1v) is 6.18. The fourth-order valence-corrected chi connectivity index (χ4v) is 2.27. The lowest BCUT2D eigenvalue weighted by Gasteiger charge is -2.30. The molecule has 1 aliphatic rings. The highest BCUT2D eigenvalue weighted by atomic mass is 16.5. The lowest BCUT2D eigenvalue weighted by atomic mass is 9.83. The molecular weight excluding hydrogens is 188 g/mol. The van der Waals surface area contributed by atoms with E-state index in [1.165, 1.54) is 19.3 Å². The number of ether oxygens (including phenoxy) is 1. The van der Waals surface area contributed by atoms with Crippen LogP contribution in [-0.4, -0.2) is 19.0 Å². The van der Waals surface area contributed by atoms with Gasteiger partial charge in [0.1, 0.15) is 6.29 Å². The Kier molecular flexibility index (Phi) is 5.30. The molecule has 0 amide bonds. The molecule has 88 valence electrons. The van der Waals surface area contributed by atoms with Gasteiger partial charge in [0.25, 0.3) is 0 Å². The van der Waals surface area contributed by atoms with Crippen LogP contribution >= 0.6 is 0 Å². The quantitative estimate of drug-likeness (QED) is 0.655. The van der Waals surface area contributed by atoms with E-state index in [2.05, 4.69) is 20.8 Å². The molecule has 0 aromatic rings. The van der Waals surface area contributed by atoms with Gasteiger partial charge in [-0.25, -0.2) is 0 Å². The summed E-state index contributed by atoms with van der Waals surface area (Å²) >= 11 is 0. The molecule has 15 heavy (non-hydrogen) atoms. The SMILES string of the molecule is CC(CC=O)[C@@H](C)CC1CC[C@@H](C)OC1. The van der Waals surface area contributed by atoms with E-state index in [4.69, 9.17) is 4.74 Å². The van der Waals surface area contributed by atoms with Gasteiger partial charge in [-0.2, -0.15) is 0 Å². The molecule has 0 N–H and O–H groups in total. The van der Waals surface area contributed by atoms with Crippen molar-refractivity contribution in [2.24, 2.45) is 17.8 Å². The first-order valence-electron chi connectivity index (χ1n) is 6.18. The lowest BCUT2D eigenvalue weighted by molar-refractivity contribution is -0.108. The van der Waals surface area contributed by atoms with Crippen molar-refractivity contribution >= 4 is 6.29 Å². The summed E-state index contributed by atoms with van der Waals surface area (Å²) in [5.74, 6) is 1.87. The summed E-state index contributed by atoms with van der Waals surface area (Å²) in [5.41, 5.74) is 0. The predicted octanol–water partition coefficient (Wildman–Crippen LogP) is 3.05. The monoisotopic (exact) mass is 212 g/mol. The van der Waals surface area contributed by atoms with E-state index in [1.54, 1.807) is 0 Å². The van der Waals surface area contributed by atoms with Crippen LogP contribution in [0, 0.1) is 17.8 Å². The van der Waals surface area contributed by atoms with Gasteiger partial charge in [0.2, 0.25) is 0 Å². The third kappa shape index (κ3) is 4.33. The molecule has 1 fully saturated rings. The molecule has 1 aliphatic heterocycles. The Morgan fingerprint density at radius 2 is 2.07 bits per heavy atom. The van der Waals surface area contributed by atoms with Crippen LogP contribution in [0.5, 0.6) is 0 Å². The van der Waals surface area contributed by atoms with Gasteiger partial charge in [-0.15, -0.1) is 0 Å². The van der Waals surface area contributed by atoms with Crippen LogP contribution in [0.3, 0.4) is 0 Å². The van der Waals surface area contributed by atoms with Crippen LogP contribution in [0.25, 0.3) is 0 Å². The smallest absolute Gasteiger partial charge is 0.120 e. The Labute approximate surface area is 93.4 Å². The summed E-state index contributed by atoms with van der Waals surface area (Å²) in [5, 5.41) is 0. The average Bonchev–Trinajstić information content (AvgIpc) is 2.22. The maximum atomic E-state index is 10.4. The van der Waals surface area contributed by atoms with E-state index in [0.29, 0.717) is 30.3 Å². The summed E-state index contributed by atoms with van der Waals surface area (Å²) < 4.78 is 5.66. The lowest BCUT2D eigenvalue weighted by Crippen LogP contribution is -2.26. The van der Waals surface area contributed by atoms with Gasteiger partial charge in [0.15, 0.2) is 0 Å². The topological polar surface area (TPSA) is 26.3 Å². The minimum absolute atomic E-state index is 0.448. The normalized spacial score (nSPS) is 30.9. The van der Waals surface area contributed by atoms with Gasteiger partial charge in [-0.1, -0.05) is 13.8 Å². The molecule has 0 spiro atoms. The van der Waals surface area contributed by atoms with Gasteiger partial charge in [0, 0.05) is 13.0 Å². The molecule has 0 aromatic carbocycles. The number of carbonyl (C=O) groups is 1. The summed E-state index contributed by atoms with van der Waals surface area (Å²) in [4.78, 5) is 10.4. The molecule has 4 atom stereocenters. The van der Waals surface area contributed by atoms with Crippen LogP contribution < -0.4 is 0 Å². The van der Waals surface area contributed by atoms with Crippen molar-refractivity contribution in [3.05, 3.63) is 0 Å². The summed E-state index contributed by atoms with van der Waals surface area (Å²) in [7, 11) is 0. The fraction of sp³-hybridized carbons (Fsp3) is 0.923. The van der Waals surface area contributed by atoms with Gasteiger partial charge in [-0.3, -0.25) is 0 Å². The van der Waals surface area contributed by atoms with Gasteiger partial charge >= 0.3 is 0 Å². The zero-order chi connectivity index (χ0) is 11.3. The second-order valence-electron chi connectivity index (χ2n) is 5.18. The van der Waals surface area contributed by atoms with Crippen molar-refractivity contribution in [2.45, 2.75) is 52.6 Å². The third-order valence-corrected chi connectivity index (χ3v) is 3.74. The zero-order valence-electron chi connectivity index (χ0n) is 10.2. The highest BCUT2D eigenvalue weighted by molar-refractivity contribution is 5.49. The van der Waals surface area contributed by atoms with E-state index >= 15 is 0 Å². The molecule has 1 saturated heterocycles. The summed E-state index contributed by atoms with van der Waals surface area (Å²) in [6.07, 6.45) is 5.88. The van der Waals surface area contributed by atoms with E-state index in [1.807, 2.05) is 0 Å². The molecule has 0 aliphatic carbocycles. The molecule has 1 rings (SSSR count).